The molecule has 1 unspecified atom stereocenters. The highest BCUT2D eigenvalue weighted by Crippen LogP contribution is 2.36. The minimum Gasteiger partial charge on any atom is -0.324 e. The molecule has 1 heterocycles. The van der Waals surface area contributed by atoms with E-state index < -0.39 is 0 Å². The molecule has 2 N–H and O–H groups in total. The molecule has 1 aromatic heterocycles. The predicted molar refractivity (Wildman–Crippen MR) is 82.4 cm³/mol. The standard InChI is InChI=1S/C16H15FN2S/c1-9(18)13-6-7-14-16(19-10(2)20-14)15(13)11-4-3-5-12(17)8-11/h3-9H,18H2,1-2H3. The third-order valence-corrected chi connectivity index (χ3v) is 4.24. The quantitative estimate of drug-likeness (QED) is 0.757. The predicted octanol–water partition coefficient (Wildman–Crippen LogP) is 4.43. The maximum atomic E-state index is 13.5. The van der Waals surface area contributed by atoms with Gasteiger partial charge in [-0.25, -0.2) is 9.37 Å². The van der Waals surface area contributed by atoms with Crippen LogP contribution in [0, 0.1) is 12.7 Å². The summed E-state index contributed by atoms with van der Waals surface area (Å²) in [6.45, 7) is 3.91. The molecule has 4 heteroatoms. The number of nitrogens with two attached hydrogens (primary N) is 1. The Balaban J connectivity index is 2.38. The van der Waals surface area contributed by atoms with Gasteiger partial charge in [0.2, 0.25) is 0 Å². The molecule has 0 bridgehead atoms. The van der Waals surface area contributed by atoms with E-state index in [1.807, 2.05) is 32.0 Å². The highest BCUT2D eigenvalue weighted by Gasteiger charge is 2.16. The topological polar surface area (TPSA) is 38.9 Å². The molecule has 0 amide bonds. The van der Waals surface area contributed by atoms with E-state index in [2.05, 4.69) is 4.98 Å². The molecule has 0 aliphatic rings. The number of benzene rings is 2. The minimum atomic E-state index is -0.248. The van der Waals surface area contributed by atoms with Crippen molar-refractivity contribution in [2.75, 3.05) is 0 Å². The summed E-state index contributed by atoms with van der Waals surface area (Å²) in [5.41, 5.74) is 9.75. The molecule has 0 saturated carbocycles. The van der Waals surface area contributed by atoms with Gasteiger partial charge in [0.25, 0.3) is 0 Å². The Bertz CT molecular complexity index is 777. The Morgan fingerprint density at radius 3 is 2.75 bits per heavy atom. The second kappa shape index (κ2) is 4.96. The van der Waals surface area contributed by atoms with Gasteiger partial charge in [-0.1, -0.05) is 18.2 Å². The van der Waals surface area contributed by atoms with Crippen LogP contribution in [0.4, 0.5) is 4.39 Å². The molecule has 0 fully saturated rings. The number of nitrogens with zero attached hydrogens (tertiary/aromatic N) is 1. The smallest absolute Gasteiger partial charge is 0.123 e. The lowest BCUT2D eigenvalue weighted by Crippen LogP contribution is -2.07. The molecule has 2 aromatic carbocycles. The first kappa shape index (κ1) is 13.2. The third-order valence-electron chi connectivity index (χ3n) is 3.30. The van der Waals surface area contributed by atoms with Gasteiger partial charge in [-0.2, -0.15) is 0 Å². The third kappa shape index (κ3) is 2.21. The van der Waals surface area contributed by atoms with Gasteiger partial charge >= 0.3 is 0 Å². The van der Waals surface area contributed by atoms with Crippen LogP contribution in [0.1, 0.15) is 23.5 Å². The molecule has 1 atom stereocenters. The summed E-state index contributed by atoms with van der Waals surface area (Å²) >= 11 is 1.64. The zero-order chi connectivity index (χ0) is 14.3. The Hall–Kier alpha value is -1.78. The van der Waals surface area contributed by atoms with Crippen LogP contribution in [-0.4, -0.2) is 4.98 Å². The molecule has 3 aromatic rings. The van der Waals surface area contributed by atoms with Crippen LogP contribution >= 0.6 is 11.3 Å². The van der Waals surface area contributed by atoms with Gasteiger partial charge in [-0.15, -0.1) is 11.3 Å². The fraction of sp³-hybridized carbons (Fsp3) is 0.188. The van der Waals surface area contributed by atoms with E-state index in [0.717, 1.165) is 31.9 Å². The SMILES string of the molecule is Cc1nc2c(-c3cccc(F)c3)c(C(C)N)ccc2s1. The zero-order valence-electron chi connectivity index (χ0n) is 11.4. The van der Waals surface area contributed by atoms with Crippen molar-refractivity contribution >= 4 is 21.6 Å². The number of halogens is 1. The maximum Gasteiger partial charge on any atom is 0.123 e. The molecule has 0 spiro atoms. The molecule has 102 valence electrons. The Morgan fingerprint density at radius 1 is 1.25 bits per heavy atom. The highest BCUT2D eigenvalue weighted by molar-refractivity contribution is 7.18. The monoisotopic (exact) mass is 286 g/mol. The molecular weight excluding hydrogens is 271 g/mol. The van der Waals surface area contributed by atoms with Crippen molar-refractivity contribution in [2.24, 2.45) is 5.73 Å². The molecule has 0 aliphatic carbocycles. The van der Waals surface area contributed by atoms with E-state index in [1.54, 1.807) is 17.4 Å². The van der Waals surface area contributed by atoms with E-state index in [1.165, 1.54) is 12.1 Å². The molecule has 0 aliphatic heterocycles. The number of fused-ring (bicyclic) bond motifs is 1. The zero-order valence-corrected chi connectivity index (χ0v) is 12.2. The second-order valence-electron chi connectivity index (χ2n) is 4.91. The van der Waals surface area contributed by atoms with Crippen LogP contribution < -0.4 is 5.73 Å². The summed E-state index contributed by atoms with van der Waals surface area (Å²) in [6, 6.07) is 10.5. The van der Waals surface area contributed by atoms with E-state index in [4.69, 9.17) is 5.73 Å². The highest BCUT2D eigenvalue weighted by atomic mass is 32.1. The molecule has 0 radical (unpaired) electrons. The lowest BCUT2D eigenvalue weighted by Gasteiger charge is -2.13. The summed E-state index contributed by atoms with van der Waals surface area (Å²) in [4.78, 5) is 4.60. The average molecular weight is 286 g/mol. The van der Waals surface area contributed by atoms with Crippen LogP contribution in [0.25, 0.3) is 21.3 Å². The maximum absolute atomic E-state index is 13.5. The van der Waals surface area contributed by atoms with Crippen molar-refractivity contribution in [3.05, 3.63) is 52.8 Å². The second-order valence-corrected chi connectivity index (χ2v) is 6.14. The summed E-state index contributed by atoms with van der Waals surface area (Å²) in [5, 5.41) is 1.000. The number of aromatic nitrogens is 1. The molecule has 20 heavy (non-hydrogen) atoms. The number of rotatable bonds is 2. The lowest BCUT2D eigenvalue weighted by molar-refractivity contribution is 0.628. The van der Waals surface area contributed by atoms with Crippen molar-refractivity contribution in [3.63, 3.8) is 0 Å². The minimum absolute atomic E-state index is 0.125. The summed E-state index contributed by atoms with van der Waals surface area (Å²) < 4.78 is 14.6. The van der Waals surface area contributed by atoms with Crippen LogP contribution in [0.3, 0.4) is 0 Å². The molecular formula is C16H15FN2S. The van der Waals surface area contributed by atoms with Crippen molar-refractivity contribution in [3.8, 4) is 11.1 Å². The number of hydrogen-bond acceptors (Lipinski definition) is 3. The van der Waals surface area contributed by atoms with Crippen LogP contribution in [-0.2, 0) is 0 Å². The summed E-state index contributed by atoms with van der Waals surface area (Å²) in [5.74, 6) is -0.248. The first-order chi connectivity index (χ1) is 9.56. The number of aryl methyl sites for hydroxylation is 1. The van der Waals surface area contributed by atoms with E-state index in [9.17, 15) is 4.39 Å². The van der Waals surface area contributed by atoms with Crippen molar-refractivity contribution < 1.29 is 4.39 Å². The van der Waals surface area contributed by atoms with E-state index in [-0.39, 0.29) is 11.9 Å². The Kier molecular flexibility index (Phi) is 3.28. The summed E-state index contributed by atoms with van der Waals surface area (Å²) in [6.07, 6.45) is 0. The van der Waals surface area contributed by atoms with Gasteiger partial charge in [0.1, 0.15) is 5.82 Å². The van der Waals surface area contributed by atoms with Crippen LogP contribution in [0.15, 0.2) is 36.4 Å². The van der Waals surface area contributed by atoms with Gasteiger partial charge in [0, 0.05) is 11.6 Å². The average Bonchev–Trinajstić information content (AvgIpc) is 2.77. The number of hydrogen-bond donors (Lipinski definition) is 1. The Labute approximate surface area is 121 Å². The van der Waals surface area contributed by atoms with Crippen molar-refractivity contribution in [1.29, 1.82) is 0 Å². The van der Waals surface area contributed by atoms with Gasteiger partial charge in [0.05, 0.1) is 15.2 Å². The van der Waals surface area contributed by atoms with E-state index >= 15 is 0 Å². The molecule has 2 nitrogen and oxygen atoms in total. The molecule has 0 saturated heterocycles. The fourth-order valence-corrected chi connectivity index (χ4v) is 3.28. The van der Waals surface area contributed by atoms with Gasteiger partial charge in [-0.3, -0.25) is 0 Å². The van der Waals surface area contributed by atoms with Gasteiger partial charge < -0.3 is 5.73 Å². The number of thiazole rings is 1. The Morgan fingerprint density at radius 2 is 2.05 bits per heavy atom. The fourth-order valence-electron chi connectivity index (χ4n) is 2.45. The largest absolute Gasteiger partial charge is 0.324 e. The first-order valence-corrected chi connectivity index (χ1v) is 7.29. The summed E-state index contributed by atoms with van der Waals surface area (Å²) in [7, 11) is 0. The van der Waals surface area contributed by atoms with Gasteiger partial charge in [0.15, 0.2) is 0 Å². The van der Waals surface area contributed by atoms with Crippen LogP contribution in [0.2, 0.25) is 0 Å². The normalized spacial score (nSPS) is 12.8. The molecule has 3 rings (SSSR count). The van der Waals surface area contributed by atoms with Crippen molar-refractivity contribution in [1.82, 2.24) is 4.98 Å². The van der Waals surface area contributed by atoms with Gasteiger partial charge in [-0.05, 0) is 43.2 Å². The lowest BCUT2D eigenvalue weighted by atomic mass is 9.95. The van der Waals surface area contributed by atoms with E-state index in [0.29, 0.717) is 0 Å². The van der Waals surface area contributed by atoms with Crippen molar-refractivity contribution in [2.45, 2.75) is 19.9 Å². The first-order valence-electron chi connectivity index (χ1n) is 6.48. The van der Waals surface area contributed by atoms with Crippen LogP contribution in [0.5, 0.6) is 0 Å².